The van der Waals surface area contributed by atoms with Crippen molar-refractivity contribution in [3.63, 3.8) is 0 Å². The van der Waals surface area contributed by atoms with Gasteiger partial charge >= 0.3 is 0 Å². The summed E-state index contributed by atoms with van der Waals surface area (Å²) in [4.78, 5) is 0. The molecule has 12 heavy (non-hydrogen) atoms. The Kier molecular flexibility index (Phi) is 2.15. The van der Waals surface area contributed by atoms with Gasteiger partial charge in [0.05, 0.1) is 3.79 Å². The third kappa shape index (κ3) is 1.39. The highest BCUT2D eigenvalue weighted by Crippen LogP contribution is 2.33. The Hall–Kier alpha value is -0.0500. The number of thiophene rings is 1. The summed E-state index contributed by atoms with van der Waals surface area (Å²) in [5.74, 6) is 0. The summed E-state index contributed by atoms with van der Waals surface area (Å²) in [5.41, 5.74) is 1.24. The largest absolute Gasteiger partial charge is 0.128 e. The van der Waals surface area contributed by atoms with Crippen LogP contribution < -0.4 is 0 Å². The monoisotopic (exact) mass is 260 g/mol. The molecule has 0 saturated heterocycles. The molecule has 0 spiro atoms. The highest BCUT2D eigenvalue weighted by atomic mass is 79.9. The van der Waals surface area contributed by atoms with Gasteiger partial charge in [0, 0.05) is 9.72 Å². The van der Waals surface area contributed by atoms with Gasteiger partial charge in [0.15, 0.2) is 0 Å². The van der Waals surface area contributed by atoms with Gasteiger partial charge in [-0.05, 0) is 52.0 Å². The normalized spacial score (nSPS) is 10.9. The molecule has 0 fully saturated rings. The third-order valence-electron chi connectivity index (χ3n) is 1.78. The summed E-state index contributed by atoms with van der Waals surface area (Å²) in [7, 11) is 0. The molecule has 0 amide bonds. The summed E-state index contributed by atoms with van der Waals surface area (Å²) in [6.45, 7) is 2.08. The molecule has 1 aromatic heterocycles. The summed E-state index contributed by atoms with van der Waals surface area (Å²) in [6, 6.07) is 6.12. The fourth-order valence-electron chi connectivity index (χ4n) is 1.24. The van der Waals surface area contributed by atoms with Crippen molar-refractivity contribution in [1.29, 1.82) is 0 Å². The van der Waals surface area contributed by atoms with E-state index in [4.69, 9.17) is 11.6 Å². The SMILES string of the molecule is Cc1cc(Cl)cc2sc(Br)cc12. The molecule has 1 aromatic carbocycles. The first kappa shape index (κ1) is 8.54. The molecule has 0 saturated carbocycles. The second-order valence-electron chi connectivity index (χ2n) is 2.69. The van der Waals surface area contributed by atoms with Crippen molar-refractivity contribution in [3.8, 4) is 0 Å². The Labute approximate surface area is 88.3 Å². The van der Waals surface area contributed by atoms with Gasteiger partial charge in [-0.15, -0.1) is 11.3 Å². The van der Waals surface area contributed by atoms with Crippen LogP contribution >= 0.6 is 38.9 Å². The van der Waals surface area contributed by atoms with Gasteiger partial charge in [-0.25, -0.2) is 0 Å². The molecule has 0 radical (unpaired) electrons. The first-order chi connectivity index (χ1) is 5.66. The van der Waals surface area contributed by atoms with Crippen molar-refractivity contribution in [2.24, 2.45) is 0 Å². The lowest BCUT2D eigenvalue weighted by molar-refractivity contribution is 1.55. The zero-order valence-corrected chi connectivity index (χ0v) is 9.55. The Morgan fingerprint density at radius 2 is 2.08 bits per heavy atom. The number of hydrogen-bond donors (Lipinski definition) is 0. The molecule has 0 nitrogen and oxygen atoms in total. The molecular weight excluding hydrogens is 256 g/mol. The zero-order chi connectivity index (χ0) is 8.72. The van der Waals surface area contributed by atoms with Crippen LogP contribution in [0.5, 0.6) is 0 Å². The molecule has 0 bridgehead atoms. The van der Waals surface area contributed by atoms with E-state index in [0.29, 0.717) is 0 Å². The third-order valence-corrected chi connectivity index (χ3v) is 3.58. The van der Waals surface area contributed by atoms with E-state index in [9.17, 15) is 0 Å². The number of fused-ring (bicyclic) bond motifs is 1. The van der Waals surface area contributed by atoms with E-state index in [-0.39, 0.29) is 0 Å². The fourth-order valence-corrected chi connectivity index (χ4v) is 3.23. The van der Waals surface area contributed by atoms with Crippen molar-refractivity contribution in [3.05, 3.63) is 32.6 Å². The Morgan fingerprint density at radius 3 is 2.83 bits per heavy atom. The molecule has 3 heteroatoms. The first-order valence-corrected chi connectivity index (χ1v) is 5.51. The van der Waals surface area contributed by atoms with Crippen LogP contribution in [0.15, 0.2) is 22.0 Å². The van der Waals surface area contributed by atoms with Gasteiger partial charge in [0.1, 0.15) is 0 Å². The number of halogens is 2. The van der Waals surface area contributed by atoms with Crippen LogP contribution in [0.1, 0.15) is 5.56 Å². The van der Waals surface area contributed by atoms with E-state index < -0.39 is 0 Å². The predicted octanol–water partition coefficient (Wildman–Crippen LogP) is 4.63. The van der Waals surface area contributed by atoms with Gasteiger partial charge in [-0.2, -0.15) is 0 Å². The van der Waals surface area contributed by atoms with E-state index >= 15 is 0 Å². The molecule has 0 aliphatic carbocycles. The van der Waals surface area contributed by atoms with Crippen LogP contribution in [0, 0.1) is 6.92 Å². The molecule has 0 aliphatic rings. The van der Waals surface area contributed by atoms with Crippen molar-refractivity contribution in [1.82, 2.24) is 0 Å². The maximum atomic E-state index is 5.92. The molecule has 2 rings (SSSR count). The Morgan fingerprint density at radius 1 is 1.33 bits per heavy atom. The highest BCUT2D eigenvalue weighted by Gasteiger charge is 2.03. The summed E-state index contributed by atoms with van der Waals surface area (Å²) < 4.78 is 2.40. The minimum Gasteiger partial charge on any atom is -0.128 e. The average molecular weight is 262 g/mol. The molecule has 2 aromatic rings. The van der Waals surface area contributed by atoms with Crippen molar-refractivity contribution in [2.75, 3.05) is 0 Å². The first-order valence-electron chi connectivity index (χ1n) is 3.52. The van der Waals surface area contributed by atoms with E-state index in [2.05, 4.69) is 28.9 Å². The number of aryl methyl sites for hydroxylation is 1. The topological polar surface area (TPSA) is 0 Å². The Bertz CT molecular complexity index is 433. The van der Waals surface area contributed by atoms with Crippen LogP contribution in [-0.4, -0.2) is 0 Å². The predicted molar refractivity (Wildman–Crippen MR) is 59.3 cm³/mol. The van der Waals surface area contributed by atoms with E-state index in [1.807, 2.05) is 12.1 Å². The van der Waals surface area contributed by atoms with Crippen molar-refractivity contribution < 1.29 is 0 Å². The molecule has 1 heterocycles. The lowest BCUT2D eigenvalue weighted by Crippen LogP contribution is -1.72. The van der Waals surface area contributed by atoms with Crippen molar-refractivity contribution >= 4 is 49.0 Å². The summed E-state index contributed by atoms with van der Waals surface area (Å²) >= 11 is 11.1. The smallest absolute Gasteiger partial charge is 0.0711 e. The van der Waals surface area contributed by atoms with E-state index in [0.717, 1.165) is 8.81 Å². The second kappa shape index (κ2) is 3.02. The number of rotatable bonds is 0. The fraction of sp³-hybridized carbons (Fsp3) is 0.111. The van der Waals surface area contributed by atoms with Crippen LogP contribution in [0.25, 0.3) is 10.1 Å². The summed E-state index contributed by atoms with van der Waals surface area (Å²) in [5, 5.41) is 2.10. The van der Waals surface area contributed by atoms with Crippen LogP contribution in [0.2, 0.25) is 5.02 Å². The molecular formula is C9H6BrClS. The summed E-state index contributed by atoms with van der Waals surface area (Å²) in [6.07, 6.45) is 0. The van der Waals surface area contributed by atoms with Gasteiger partial charge < -0.3 is 0 Å². The molecule has 0 N–H and O–H groups in total. The highest BCUT2D eigenvalue weighted by molar-refractivity contribution is 9.11. The van der Waals surface area contributed by atoms with Gasteiger partial charge in [0.2, 0.25) is 0 Å². The lowest BCUT2D eigenvalue weighted by Gasteiger charge is -1.95. The van der Waals surface area contributed by atoms with E-state index in [1.165, 1.54) is 15.6 Å². The number of hydrogen-bond acceptors (Lipinski definition) is 1. The minimum absolute atomic E-state index is 0.814. The number of benzene rings is 1. The van der Waals surface area contributed by atoms with Gasteiger partial charge in [-0.3, -0.25) is 0 Å². The minimum atomic E-state index is 0.814. The van der Waals surface area contributed by atoms with Gasteiger partial charge in [-0.1, -0.05) is 11.6 Å². The lowest BCUT2D eigenvalue weighted by atomic mass is 10.2. The van der Waals surface area contributed by atoms with Crippen LogP contribution in [0.4, 0.5) is 0 Å². The van der Waals surface area contributed by atoms with Gasteiger partial charge in [0.25, 0.3) is 0 Å². The maximum Gasteiger partial charge on any atom is 0.0711 e. The second-order valence-corrected chi connectivity index (χ2v) is 5.58. The zero-order valence-electron chi connectivity index (χ0n) is 6.40. The average Bonchev–Trinajstić information content (AvgIpc) is 2.29. The molecule has 0 aliphatic heterocycles. The maximum absolute atomic E-state index is 5.92. The molecule has 62 valence electrons. The Balaban J connectivity index is 2.88. The molecule has 0 atom stereocenters. The van der Waals surface area contributed by atoms with Crippen molar-refractivity contribution in [2.45, 2.75) is 6.92 Å². The quantitative estimate of drug-likeness (QED) is 0.649. The van der Waals surface area contributed by atoms with Crippen LogP contribution in [-0.2, 0) is 0 Å². The molecule has 0 unspecified atom stereocenters. The van der Waals surface area contributed by atoms with Crippen LogP contribution in [0.3, 0.4) is 0 Å². The standard InChI is InChI=1S/C9H6BrClS/c1-5-2-6(11)3-8-7(5)4-9(10)12-8/h2-4H,1H3. The van der Waals surface area contributed by atoms with E-state index in [1.54, 1.807) is 11.3 Å².